The van der Waals surface area contributed by atoms with Crippen LogP contribution in [0.5, 0.6) is 0 Å². The summed E-state index contributed by atoms with van der Waals surface area (Å²) in [5.74, 6) is 1.18. The van der Waals surface area contributed by atoms with Gasteiger partial charge in [0.05, 0.1) is 5.71 Å². The van der Waals surface area contributed by atoms with Gasteiger partial charge in [-0.25, -0.2) is 0 Å². The molecule has 0 aromatic rings. The Kier molecular flexibility index (Phi) is 1.59. The molecule has 3 unspecified atom stereocenters. The highest BCUT2D eigenvalue weighted by Gasteiger charge is 2.63. The maximum atomic E-state index is 9.04. The number of hydrogen-bond acceptors (Lipinski definition) is 2. The van der Waals surface area contributed by atoms with Gasteiger partial charge in [-0.2, -0.15) is 0 Å². The summed E-state index contributed by atoms with van der Waals surface area (Å²) in [6.07, 6.45) is 2.48. The Morgan fingerprint density at radius 1 is 1.38 bits per heavy atom. The van der Waals surface area contributed by atoms with Crippen molar-refractivity contribution < 1.29 is 5.21 Å². The van der Waals surface area contributed by atoms with Crippen molar-refractivity contribution in [1.82, 2.24) is 0 Å². The average Bonchev–Trinajstić information content (AvgIpc) is 2.32. The fourth-order valence-electron chi connectivity index (χ4n) is 3.76. The van der Waals surface area contributed by atoms with Crippen molar-refractivity contribution in [3.8, 4) is 0 Å². The first-order chi connectivity index (χ1) is 5.95. The number of nitrogens with zero attached hydrogens (tertiary/aromatic N) is 1. The van der Waals surface area contributed by atoms with Crippen LogP contribution in [0.15, 0.2) is 5.16 Å². The van der Waals surface area contributed by atoms with Gasteiger partial charge in [-0.3, -0.25) is 0 Å². The molecule has 0 amide bonds. The predicted octanol–water partition coefficient (Wildman–Crippen LogP) is 2.91. The Balaban J connectivity index is 2.52. The zero-order valence-corrected chi connectivity index (χ0v) is 8.96. The third-order valence-corrected chi connectivity index (χ3v) is 5.01. The van der Waals surface area contributed by atoms with Crippen LogP contribution in [0.25, 0.3) is 0 Å². The van der Waals surface area contributed by atoms with E-state index in [2.05, 4.69) is 32.9 Å². The van der Waals surface area contributed by atoms with Crippen molar-refractivity contribution in [2.24, 2.45) is 27.8 Å². The summed E-state index contributed by atoms with van der Waals surface area (Å²) in [5, 5.41) is 12.6. The smallest absolute Gasteiger partial charge is 0.0666 e. The van der Waals surface area contributed by atoms with Crippen LogP contribution in [0.3, 0.4) is 0 Å². The summed E-state index contributed by atoms with van der Waals surface area (Å²) in [7, 11) is 0. The number of oxime groups is 1. The van der Waals surface area contributed by atoms with Gasteiger partial charge in [0.1, 0.15) is 0 Å². The fourth-order valence-corrected chi connectivity index (χ4v) is 3.76. The molecule has 0 spiro atoms. The Labute approximate surface area is 80.0 Å². The monoisotopic (exact) mass is 181 g/mol. The van der Waals surface area contributed by atoms with Crippen molar-refractivity contribution in [3.05, 3.63) is 0 Å². The summed E-state index contributed by atoms with van der Waals surface area (Å²) in [4.78, 5) is 0. The summed E-state index contributed by atoms with van der Waals surface area (Å²) >= 11 is 0. The molecule has 74 valence electrons. The predicted molar refractivity (Wildman–Crippen MR) is 53.0 cm³/mol. The van der Waals surface area contributed by atoms with Gasteiger partial charge in [0.15, 0.2) is 0 Å². The largest absolute Gasteiger partial charge is 0.411 e. The van der Waals surface area contributed by atoms with Crippen molar-refractivity contribution in [3.63, 3.8) is 0 Å². The van der Waals surface area contributed by atoms with E-state index < -0.39 is 0 Å². The lowest BCUT2D eigenvalue weighted by Crippen LogP contribution is -2.33. The minimum atomic E-state index is 0.145. The average molecular weight is 181 g/mol. The van der Waals surface area contributed by atoms with Crippen LogP contribution in [0.2, 0.25) is 0 Å². The van der Waals surface area contributed by atoms with Crippen molar-refractivity contribution >= 4 is 5.71 Å². The van der Waals surface area contributed by atoms with Crippen LogP contribution in [0.4, 0.5) is 0 Å². The van der Waals surface area contributed by atoms with Crippen LogP contribution in [0.1, 0.15) is 40.5 Å². The van der Waals surface area contributed by atoms with Gasteiger partial charge in [-0.15, -0.1) is 0 Å². The van der Waals surface area contributed by atoms with Gasteiger partial charge in [-0.05, 0) is 24.2 Å². The molecular weight excluding hydrogens is 162 g/mol. The summed E-state index contributed by atoms with van der Waals surface area (Å²) < 4.78 is 0. The van der Waals surface area contributed by atoms with Crippen LogP contribution in [-0.4, -0.2) is 10.9 Å². The third-order valence-electron chi connectivity index (χ3n) is 5.01. The quantitative estimate of drug-likeness (QED) is 0.452. The second-order valence-electron chi connectivity index (χ2n) is 5.47. The highest BCUT2D eigenvalue weighted by Crippen LogP contribution is 2.65. The Morgan fingerprint density at radius 2 is 2.00 bits per heavy atom. The maximum absolute atomic E-state index is 9.04. The van der Waals surface area contributed by atoms with E-state index >= 15 is 0 Å². The molecule has 0 aromatic carbocycles. The highest BCUT2D eigenvalue weighted by atomic mass is 16.4. The Bertz CT molecular complexity index is 269. The number of rotatable bonds is 0. The molecule has 2 fully saturated rings. The molecule has 1 N–H and O–H groups in total. The van der Waals surface area contributed by atoms with E-state index in [1.165, 1.54) is 12.8 Å². The molecule has 0 aliphatic heterocycles. The standard InChI is InChI=1S/C11H19NO/c1-7-8-5-6-11(4,9(7)12-13)10(8,2)3/h7-8,13H,5-6H2,1-4H3. The van der Waals surface area contributed by atoms with Crippen LogP contribution >= 0.6 is 0 Å². The van der Waals surface area contributed by atoms with E-state index in [-0.39, 0.29) is 5.41 Å². The minimum absolute atomic E-state index is 0.145. The first-order valence-electron chi connectivity index (χ1n) is 5.17. The SMILES string of the molecule is CC1C(=NO)C2(C)CCC1C2(C)C. The highest BCUT2D eigenvalue weighted by molar-refractivity contribution is 5.95. The van der Waals surface area contributed by atoms with E-state index in [0.29, 0.717) is 17.3 Å². The first kappa shape index (κ1) is 9.04. The normalized spacial score (nSPS) is 50.3. The van der Waals surface area contributed by atoms with Gasteiger partial charge in [0, 0.05) is 11.3 Å². The molecule has 3 atom stereocenters. The van der Waals surface area contributed by atoms with Gasteiger partial charge in [0.25, 0.3) is 0 Å². The van der Waals surface area contributed by atoms with E-state index in [4.69, 9.17) is 5.21 Å². The topological polar surface area (TPSA) is 32.6 Å². The molecule has 0 aromatic heterocycles. The van der Waals surface area contributed by atoms with E-state index in [9.17, 15) is 0 Å². The zero-order chi connectivity index (χ0) is 9.85. The van der Waals surface area contributed by atoms with Gasteiger partial charge in [-0.1, -0.05) is 32.9 Å². The van der Waals surface area contributed by atoms with Crippen LogP contribution in [0, 0.1) is 22.7 Å². The van der Waals surface area contributed by atoms with Gasteiger partial charge >= 0.3 is 0 Å². The molecule has 2 saturated carbocycles. The second kappa shape index (κ2) is 2.28. The van der Waals surface area contributed by atoms with Crippen LogP contribution < -0.4 is 0 Å². The third kappa shape index (κ3) is 0.773. The number of fused-ring (bicyclic) bond motifs is 2. The van der Waals surface area contributed by atoms with Crippen LogP contribution in [-0.2, 0) is 0 Å². The van der Waals surface area contributed by atoms with Crippen molar-refractivity contribution in [1.29, 1.82) is 0 Å². The summed E-state index contributed by atoms with van der Waals surface area (Å²) in [5.41, 5.74) is 1.49. The molecule has 2 rings (SSSR count). The molecule has 2 aliphatic carbocycles. The van der Waals surface area contributed by atoms with Gasteiger partial charge in [0.2, 0.25) is 0 Å². The van der Waals surface area contributed by atoms with Crippen molar-refractivity contribution in [2.75, 3.05) is 0 Å². The lowest BCUT2D eigenvalue weighted by atomic mass is 9.70. The lowest BCUT2D eigenvalue weighted by molar-refractivity contribution is 0.179. The number of hydrogen-bond donors (Lipinski definition) is 1. The molecule has 2 nitrogen and oxygen atoms in total. The molecular formula is C11H19NO. The summed E-state index contributed by atoms with van der Waals surface area (Å²) in [6, 6.07) is 0. The fraction of sp³-hybridized carbons (Fsp3) is 0.909. The molecule has 0 radical (unpaired) electrons. The van der Waals surface area contributed by atoms with Crippen molar-refractivity contribution in [2.45, 2.75) is 40.5 Å². The maximum Gasteiger partial charge on any atom is 0.0666 e. The Morgan fingerprint density at radius 3 is 2.31 bits per heavy atom. The lowest BCUT2D eigenvalue weighted by Gasteiger charge is -2.33. The molecule has 13 heavy (non-hydrogen) atoms. The van der Waals surface area contributed by atoms with E-state index in [0.717, 1.165) is 5.71 Å². The summed E-state index contributed by atoms with van der Waals surface area (Å²) in [6.45, 7) is 9.09. The molecule has 0 heterocycles. The molecule has 2 heteroatoms. The van der Waals surface area contributed by atoms with E-state index in [1.807, 2.05) is 0 Å². The first-order valence-corrected chi connectivity index (χ1v) is 5.17. The second-order valence-corrected chi connectivity index (χ2v) is 5.47. The minimum Gasteiger partial charge on any atom is -0.411 e. The zero-order valence-electron chi connectivity index (χ0n) is 8.96. The molecule has 2 bridgehead atoms. The molecule has 0 saturated heterocycles. The van der Waals surface area contributed by atoms with Gasteiger partial charge < -0.3 is 5.21 Å². The Hall–Kier alpha value is -0.530. The van der Waals surface area contributed by atoms with E-state index in [1.54, 1.807) is 0 Å². The molecule has 2 aliphatic rings.